The predicted molar refractivity (Wildman–Crippen MR) is 115 cm³/mol. The molecule has 8 heteroatoms. The largest absolute Gasteiger partial charge is 0.454 e. The second kappa shape index (κ2) is 9.67. The maximum absolute atomic E-state index is 12.7. The molecule has 0 aliphatic carbocycles. The first kappa shape index (κ1) is 21.7. The van der Waals surface area contributed by atoms with Crippen LogP contribution in [-0.4, -0.2) is 34.6 Å². The molecule has 0 saturated heterocycles. The lowest BCUT2D eigenvalue weighted by Gasteiger charge is -2.22. The number of benzene rings is 2. The first-order chi connectivity index (χ1) is 14.9. The predicted octanol–water partition coefficient (Wildman–Crippen LogP) is 2.50. The third-order valence-electron chi connectivity index (χ3n) is 4.65. The lowest BCUT2D eigenvalue weighted by Crippen LogP contribution is -2.36. The van der Waals surface area contributed by atoms with E-state index < -0.39 is 18.5 Å². The third-order valence-corrected chi connectivity index (χ3v) is 4.65. The van der Waals surface area contributed by atoms with E-state index in [2.05, 4.69) is 4.98 Å². The van der Waals surface area contributed by atoms with Crippen molar-refractivity contribution in [2.24, 2.45) is 0 Å². The number of hydrogen-bond acceptors (Lipinski definition) is 6. The highest BCUT2D eigenvalue weighted by Gasteiger charge is 2.19. The first-order valence-corrected chi connectivity index (χ1v) is 9.74. The second-order valence-electron chi connectivity index (χ2n) is 7.15. The SMILES string of the molecule is Cc1cc(C)cc(N(CCC#N)C(=O)COC(=O)Cn2cnc3ccccc3c2=O)c1. The van der Waals surface area contributed by atoms with Crippen molar-refractivity contribution < 1.29 is 14.3 Å². The molecular formula is C23H22N4O4. The Morgan fingerprint density at radius 1 is 1.16 bits per heavy atom. The van der Waals surface area contributed by atoms with Gasteiger partial charge in [0, 0.05) is 12.2 Å². The van der Waals surface area contributed by atoms with Gasteiger partial charge in [0.05, 0.1) is 29.7 Å². The summed E-state index contributed by atoms with van der Waals surface area (Å²) in [5.41, 5.74) is 2.77. The number of hydrogen-bond donors (Lipinski definition) is 0. The minimum absolute atomic E-state index is 0.144. The number of aryl methyl sites for hydroxylation is 2. The number of nitrogens with zero attached hydrogens (tertiary/aromatic N) is 4. The van der Waals surface area contributed by atoms with Crippen LogP contribution in [0.5, 0.6) is 0 Å². The van der Waals surface area contributed by atoms with E-state index in [0.29, 0.717) is 16.6 Å². The highest BCUT2D eigenvalue weighted by molar-refractivity contribution is 5.95. The van der Waals surface area contributed by atoms with Crippen LogP contribution in [0.2, 0.25) is 0 Å². The average molecular weight is 418 g/mol. The number of aromatic nitrogens is 2. The molecule has 1 amide bonds. The number of fused-ring (bicyclic) bond motifs is 1. The van der Waals surface area contributed by atoms with Gasteiger partial charge in [-0.1, -0.05) is 18.2 Å². The van der Waals surface area contributed by atoms with Gasteiger partial charge in [-0.25, -0.2) is 4.98 Å². The van der Waals surface area contributed by atoms with Crippen LogP contribution in [0.25, 0.3) is 10.9 Å². The fourth-order valence-electron chi connectivity index (χ4n) is 3.29. The molecule has 0 spiro atoms. The molecule has 0 unspecified atom stereocenters. The van der Waals surface area contributed by atoms with Gasteiger partial charge < -0.3 is 9.64 Å². The van der Waals surface area contributed by atoms with Gasteiger partial charge in [-0.05, 0) is 49.2 Å². The van der Waals surface area contributed by atoms with Gasteiger partial charge in [-0.3, -0.25) is 19.0 Å². The van der Waals surface area contributed by atoms with Gasteiger partial charge in [-0.2, -0.15) is 5.26 Å². The van der Waals surface area contributed by atoms with Crippen molar-refractivity contribution in [1.82, 2.24) is 9.55 Å². The minimum atomic E-state index is -0.729. The zero-order valence-electron chi connectivity index (χ0n) is 17.4. The summed E-state index contributed by atoms with van der Waals surface area (Å²) in [6, 6.07) is 14.5. The van der Waals surface area contributed by atoms with E-state index in [4.69, 9.17) is 10.00 Å². The van der Waals surface area contributed by atoms with Crippen LogP contribution in [0.1, 0.15) is 17.5 Å². The lowest BCUT2D eigenvalue weighted by molar-refractivity contribution is -0.148. The van der Waals surface area contributed by atoms with Crippen LogP contribution >= 0.6 is 0 Å². The number of para-hydroxylation sites is 1. The molecule has 0 fully saturated rings. The number of amides is 1. The van der Waals surface area contributed by atoms with Gasteiger partial charge in [0.15, 0.2) is 6.61 Å². The smallest absolute Gasteiger partial charge is 0.326 e. The minimum Gasteiger partial charge on any atom is -0.454 e. The summed E-state index contributed by atoms with van der Waals surface area (Å²) in [7, 11) is 0. The van der Waals surface area contributed by atoms with Crippen molar-refractivity contribution in [2.45, 2.75) is 26.8 Å². The van der Waals surface area contributed by atoms with E-state index in [-0.39, 0.29) is 25.1 Å². The highest BCUT2D eigenvalue weighted by Crippen LogP contribution is 2.19. The van der Waals surface area contributed by atoms with Crippen LogP contribution in [0.15, 0.2) is 53.6 Å². The van der Waals surface area contributed by atoms with Crippen molar-refractivity contribution >= 4 is 28.5 Å². The molecule has 158 valence electrons. The maximum atomic E-state index is 12.7. The quantitative estimate of drug-likeness (QED) is 0.546. The Balaban J connectivity index is 1.69. The Morgan fingerprint density at radius 2 is 1.87 bits per heavy atom. The highest BCUT2D eigenvalue weighted by atomic mass is 16.5. The Bertz CT molecular complexity index is 1210. The number of rotatable bonds is 7. The summed E-state index contributed by atoms with van der Waals surface area (Å²) >= 11 is 0. The molecule has 1 heterocycles. The van der Waals surface area contributed by atoms with Crippen molar-refractivity contribution in [3.05, 3.63) is 70.3 Å². The van der Waals surface area contributed by atoms with E-state index >= 15 is 0 Å². The van der Waals surface area contributed by atoms with Crippen molar-refractivity contribution in [3.63, 3.8) is 0 Å². The zero-order chi connectivity index (χ0) is 22.4. The zero-order valence-corrected chi connectivity index (χ0v) is 17.4. The van der Waals surface area contributed by atoms with Crippen LogP contribution in [-0.2, 0) is 20.9 Å². The number of carbonyl (C=O) groups excluding carboxylic acids is 2. The summed E-state index contributed by atoms with van der Waals surface area (Å²) in [6.45, 7) is 3.17. The van der Waals surface area contributed by atoms with E-state index in [0.717, 1.165) is 15.7 Å². The van der Waals surface area contributed by atoms with Crippen LogP contribution in [0.3, 0.4) is 0 Å². The van der Waals surface area contributed by atoms with Crippen LogP contribution in [0.4, 0.5) is 5.69 Å². The van der Waals surface area contributed by atoms with Crippen molar-refractivity contribution in [2.75, 3.05) is 18.1 Å². The monoisotopic (exact) mass is 418 g/mol. The average Bonchev–Trinajstić information content (AvgIpc) is 2.74. The Hall–Kier alpha value is -3.99. The molecule has 8 nitrogen and oxygen atoms in total. The van der Waals surface area contributed by atoms with E-state index in [9.17, 15) is 14.4 Å². The molecule has 0 aliphatic rings. The van der Waals surface area contributed by atoms with Gasteiger partial charge in [0.25, 0.3) is 11.5 Å². The molecule has 1 aromatic heterocycles. The summed E-state index contributed by atoms with van der Waals surface area (Å²) < 4.78 is 6.26. The molecule has 3 aromatic rings. The fraction of sp³-hybridized carbons (Fsp3) is 0.261. The summed E-state index contributed by atoms with van der Waals surface area (Å²) in [5, 5.41) is 9.32. The van der Waals surface area contributed by atoms with Crippen molar-refractivity contribution in [1.29, 1.82) is 5.26 Å². The number of ether oxygens (including phenoxy) is 1. The fourth-order valence-corrected chi connectivity index (χ4v) is 3.29. The topological polar surface area (TPSA) is 105 Å². The summed E-state index contributed by atoms with van der Waals surface area (Å²) in [5.74, 6) is -1.18. The Kier molecular flexibility index (Phi) is 6.78. The third kappa shape index (κ3) is 5.34. The number of nitriles is 1. The lowest BCUT2D eigenvalue weighted by atomic mass is 10.1. The van der Waals surface area contributed by atoms with E-state index in [1.807, 2.05) is 38.1 Å². The van der Waals surface area contributed by atoms with Gasteiger partial charge in [-0.15, -0.1) is 0 Å². The maximum Gasteiger partial charge on any atom is 0.326 e. The summed E-state index contributed by atoms with van der Waals surface area (Å²) in [6.07, 6.45) is 1.42. The van der Waals surface area contributed by atoms with Crippen molar-refractivity contribution in [3.8, 4) is 6.07 Å². The molecule has 0 radical (unpaired) electrons. The van der Waals surface area contributed by atoms with E-state index in [1.54, 1.807) is 24.3 Å². The van der Waals surface area contributed by atoms with Gasteiger partial charge >= 0.3 is 5.97 Å². The van der Waals surface area contributed by atoms with Gasteiger partial charge in [0.2, 0.25) is 0 Å². The number of carbonyl (C=O) groups is 2. The molecule has 0 atom stereocenters. The normalized spacial score (nSPS) is 10.5. The molecule has 0 aliphatic heterocycles. The number of anilines is 1. The number of esters is 1. The second-order valence-corrected chi connectivity index (χ2v) is 7.15. The van der Waals surface area contributed by atoms with E-state index in [1.165, 1.54) is 11.2 Å². The molecule has 31 heavy (non-hydrogen) atoms. The Morgan fingerprint density at radius 3 is 2.58 bits per heavy atom. The first-order valence-electron chi connectivity index (χ1n) is 9.74. The van der Waals surface area contributed by atoms with Crippen LogP contribution < -0.4 is 10.5 Å². The molecule has 0 N–H and O–H groups in total. The van der Waals surface area contributed by atoms with Gasteiger partial charge in [0.1, 0.15) is 6.54 Å². The summed E-state index contributed by atoms with van der Waals surface area (Å²) in [4.78, 5) is 43.1. The molecular weight excluding hydrogens is 396 g/mol. The Labute approximate surface area is 179 Å². The molecule has 3 rings (SSSR count). The van der Waals surface area contributed by atoms with Crippen LogP contribution in [0, 0.1) is 25.2 Å². The molecule has 2 aromatic carbocycles. The standard InChI is InChI=1S/C23H22N4O4/c1-16-10-17(2)12-18(11-16)27(9-5-8-24)21(28)14-31-22(29)13-26-15-25-20-7-4-3-6-19(20)23(26)30/h3-4,6-7,10-12,15H,5,9,13-14H2,1-2H3. The molecule has 0 bridgehead atoms. The molecule has 0 saturated carbocycles.